The van der Waals surface area contributed by atoms with Crippen LogP contribution in [0.3, 0.4) is 0 Å². The van der Waals surface area contributed by atoms with E-state index >= 15 is 0 Å². The van der Waals surface area contributed by atoms with E-state index in [2.05, 4.69) is 9.97 Å². The first-order valence-electron chi connectivity index (χ1n) is 9.71. The molecular weight excluding hydrogens is 394 g/mol. The van der Waals surface area contributed by atoms with Crippen LogP contribution in [0, 0.1) is 6.92 Å². The summed E-state index contributed by atoms with van der Waals surface area (Å²) < 4.78 is 17.5. The van der Waals surface area contributed by atoms with E-state index in [1.165, 1.54) is 0 Å². The highest BCUT2D eigenvalue weighted by Crippen LogP contribution is 2.44. The van der Waals surface area contributed by atoms with Gasteiger partial charge in [-0.2, -0.15) is 0 Å². The first-order valence-corrected chi connectivity index (χ1v) is 10.1. The number of aryl methyl sites for hydroxylation is 1. The van der Waals surface area contributed by atoms with Crippen LogP contribution in [0.15, 0.2) is 30.5 Å². The fraction of sp³-hybridized carbons (Fsp3) is 0.476. The number of pyridine rings is 2. The van der Waals surface area contributed by atoms with Gasteiger partial charge in [-0.1, -0.05) is 11.6 Å². The average molecular weight is 418 g/mol. The lowest BCUT2D eigenvalue weighted by atomic mass is 9.85. The second-order valence-electron chi connectivity index (χ2n) is 7.59. The van der Waals surface area contributed by atoms with E-state index in [0.29, 0.717) is 47.4 Å². The quantitative estimate of drug-likeness (QED) is 0.759. The highest BCUT2D eigenvalue weighted by molar-refractivity contribution is 6.31. The van der Waals surface area contributed by atoms with Crippen LogP contribution in [0.1, 0.15) is 42.1 Å². The molecule has 29 heavy (non-hydrogen) atoms. The monoisotopic (exact) mass is 417 g/mol. The summed E-state index contributed by atoms with van der Waals surface area (Å²) in [6, 6.07) is 7.08. The third-order valence-electron chi connectivity index (χ3n) is 5.31. The predicted molar refractivity (Wildman–Crippen MR) is 107 cm³/mol. The van der Waals surface area contributed by atoms with Crippen LogP contribution in [0.2, 0.25) is 5.02 Å². The van der Waals surface area contributed by atoms with Gasteiger partial charge in [0.2, 0.25) is 0 Å². The molecule has 0 saturated carbocycles. The van der Waals surface area contributed by atoms with Gasteiger partial charge in [-0.25, -0.2) is 4.98 Å². The molecule has 7 nitrogen and oxygen atoms in total. The van der Waals surface area contributed by atoms with Crippen molar-refractivity contribution in [2.24, 2.45) is 0 Å². The highest BCUT2D eigenvalue weighted by atomic mass is 35.5. The second-order valence-corrected chi connectivity index (χ2v) is 8.00. The van der Waals surface area contributed by atoms with Crippen molar-refractivity contribution in [3.05, 3.63) is 52.6 Å². The number of rotatable bonds is 4. The maximum Gasteiger partial charge on any atom is 0.272 e. The van der Waals surface area contributed by atoms with Gasteiger partial charge in [-0.15, -0.1) is 0 Å². The number of nitrogens with zero attached hydrogens (tertiary/aromatic N) is 3. The minimum Gasteiger partial charge on any atom is -0.489 e. The molecule has 0 bridgehead atoms. The van der Waals surface area contributed by atoms with Crippen LogP contribution in [-0.4, -0.2) is 52.9 Å². The number of fused-ring (bicyclic) bond motifs is 1. The number of carbonyl (C=O) groups is 1. The van der Waals surface area contributed by atoms with E-state index in [-0.39, 0.29) is 24.9 Å². The minimum atomic E-state index is -0.729. The standard InChI is InChI=1S/C21H24ClN3O4/c1-13(2)29-17-7-6-16(24-14(17)3)20(26)25-10-8-21(18(11-25)27-12-28-21)19-15(22)5-4-9-23-19/h4-7,9,13,18H,8,10-12H2,1-3H3/t18-,21+/m1/s1. The van der Waals surface area contributed by atoms with Crippen LogP contribution in [0.25, 0.3) is 0 Å². The van der Waals surface area contributed by atoms with Crippen molar-refractivity contribution in [3.63, 3.8) is 0 Å². The Hall–Kier alpha value is -2.22. The molecule has 0 spiro atoms. The Kier molecular flexibility index (Phi) is 5.46. The molecule has 0 aromatic carbocycles. The second kappa shape index (κ2) is 7.89. The predicted octanol–water partition coefficient (Wildman–Crippen LogP) is 3.34. The Bertz CT molecular complexity index is 923. The van der Waals surface area contributed by atoms with Crippen molar-refractivity contribution in [2.45, 2.75) is 45.0 Å². The third kappa shape index (κ3) is 3.70. The van der Waals surface area contributed by atoms with E-state index < -0.39 is 5.60 Å². The molecule has 4 heterocycles. The lowest BCUT2D eigenvalue weighted by Gasteiger charge is -2.41. The number of aromatic nitrogens is 2. The molecule has 1 amide bonds. The lowest BCUT2D eigenvalue weighted by molar-refractivity contribution is -0.0470. The number of halogens is 1. The van der Waals surface area contributed by atoms with Crippen LogP contribution in [0.5, 0.6) is 5.75 Å². The minimum absolute atomic E-state index is 0.0465. The van der Waals surface area contributed by atoms with Crippen molar-refractivity contribution >= 4 is 17.5 Å². The number of piperidine rings is 1. The molecule has 2 aliphatic rings. The van der Waals surface area contributed by atoms with Gasteiger partial charge in [0, 0.05) is 19.2 Å². The SMILES string of the molecule is Cc1nc(C(=O)N2CC[C@]3(c4ncccc4Cl)OCO[C@@H]3C2)ccc1OC(C)C. The van der Waals surface area contributed by atoms with Gasteiger partial charge in [0.25, 0.3) is 5.91 Å². The Morgan fingerprint density at radius 1 is 1.38 bits per heavy atom. The summed E-state index contributed by atoms with van der Waals surface area (Å²) in [5.74, 6) is 0.548. The van der Waals surface area contributed by atoms with Crippen molar-refractivity contribution in [1.29, 1.82) is 0 Å². The highest BCUT2D eigenvalue weighted by Gasteiger charge is 2.53. The molecule has 0 unspecified atom stereocenters. The summed E-state index contributed by atoms with van der Waals surface area (Å²) in [6.07, 6.45) is 1.95. The van der Waals surface area contributed by atoms with E-state index in [4.69, 9.17) is 25.8 Å². The molecule has 2 aliphatic heterocycles. The number of ether oxygens (including phenoxy) is 3. The molecule has 0 radical (unpaired) electrons. The topological polar surface area (TPSA) is 73.8 Å². The largest absolute Gasteiger partial charge is 0.489 e. The van der Waals surface area contributed by atoms with E-state index in [9.17, 15) is 4.79 Å². The first kappa shape index (κ1) is 20.1. The van der Waals surface area contributed by atoms with Gasteiger partial charge in [-0.3, -0.25) is 9.78 Å². The molecular formula is C21H24ClN3O4. The Morgan fingerprint density at radius 2 is 2.21 bits per heavy atom. The molecule has 2 saturated heterocycles. The molecule has 0 N–H and O–H groups in total. The van der Waals surface area contributed by atoms with Crippen molar-refractivity contribution in [1.82, 2.24) is 14.9 Å². The number of likely N-dealkylation sites (tertiary alicyclic amines) is 1. The Labute approximate surface area is 174 Å². The van der Waals surface area contributed by atoms with Crippen LogP contribution in [0.4, 0.5) is 0 Å². The molecule has 8 heteroatoms. The Morgan fingerprint density at radius 3 is 2.93 bits per heavy atom. The summed E-state index contributed by atoms with van der Waals surface area (Å²) in [7, 11) is 0. The molecule has 2 atom stereocenters. The maximum atomic E-state index is 13.1. The maximum absolute atomic E-state index is 13.1. The van der Waals surface area contributed by atoms with Crippen molar-refractivity contribution < 1.29 is 19.0 Å². The lowest BCUT2D eigenvalue weighted by Crippen LogP contribution is -2.54. The van der Waals surface area contributed by atoms with Crippen LogP contribution < -0.4 is 4.74 Å². The van der Waals surface area contributed by atoms with E-state index in [0.717, 1.165) is 0 Å². The fourth-order valence-corrected chi connectivity index (χ4v) is 4.18. The molecule has 2 aromatic rings. The summed E-state index contributed by atoms with van der Waals surface area (Å²) in [5.41, 5.74) is 1.02. The zero-order chi connectivity index (χ0) is 20.6. The van der Waals surface area contributed by atoms with Gasteiger partial charge in [0.15, 0.2) is 0 Å². The zero-order valence-corrected chi connectivity index (χ0v) is 17.5. The number of carbonyl (C=O) groups excluding carboxylic acids is 1. The van der Waals surface area contributed by atoms with Gasteiger partial charge in [0.05, 0.1) is 29.1 Å². The average Bonchev–Trinajstić information content (AvgIpc) is 3.13. The normalized spacial score (nSPS) is 23.9. The van der Waals surface area contributed by atoms with Crippen LogP contribution >= 0.6 is 11.6 Å². The van der Waals surface area contributed by atoms with Crippen molar-refractivity contribution in [2.75, 3.05) is 19.9 Å². The summed E-state index contributed by atoms with van der Waals surface area (Å²) >= 11 is 6.38. The first-order chi connectivity index (χ1) is 13.9. The molecule has 154 valence electrons. The van der Waals surface area contributed by atoms with Gasteiger partial charge >= 0.3 is 0 Å². The fourth-order valence-electron chi connectivity index (χ4n) is 3.90. The number of hydrogen-bond acceptors (Lipinski definition) is 6. The van der Waals surface area contributed by atoms with Crippen LogP contribution in [-0.2, 0) is 15.1 Å². The summed E-state index contributed by atoms with van der Waals surface area (Å²) in [5, 5.41) is 0.542. The zero-order valence-electron chi connectivity index (χ0n) is 16.7. The molecule has 4 rings (SSSR count). The van der Waals surface area contributed by atoms with E-state index in [1.807, 2.05) is 20.8 Å². The molecule has 2 aromatic heterocycles. The molecule has 0 aliphatic carbocycles. The van der Waals surface area contributed by atoms with Gasteiger partial charge < -0.3 is 19.1 Å². The van der Waals surface area contributed by atoms with E-state index in [1.54, 1.807) is 35.4 Å². The van der Waals surface area contributed by atoms with Gasteiger partial charge in [-0.05, 0) is 45.0 Å². The van der Waals surface area contributed by atoms with Crippen molar-refractivity contribution in [3.8, 4) is 5.75 Å². The third-order valence-corrected chi connectivity index (χ3v) is 5.62. The summed E-state index contributed by atoms with van der Waals surface area (Å²) in [4.78, 5) is 23.7. The number of amides is 1. The summed E-state index contributed by atoms with van der Waals surface area (Å²) in [6.45, 7) is 6.78. The number of hydrogen-bond donors (Lipinski definition) is 0. The van der Waals surface area contributed by atoms with Gasteiger partial charge in [0.1, 0.15) is 29.9 Å². The smallest absolute Gasteiger partial charge is 0.272 e. The Balaban J connectivity index is 1.53. The molecule has 2 fully saturated rings.